The molecule has 2 amide bonds. The lowest BCUT2D eigenvalue weighted by Gasteiger charge is -2.13. The van der Waals surface area contributed by atoms with E-state index in [4.69, 9.17) is 4.74 Å². The van der Waals surface area contributed by atoms with Crippen LogP contribution in [-0.2, 0) is 7.05 Å². The van der Waals surface area contributed by atoms with Crippen LogP contribution in [0.15, 0.2) is 31.1 Å². The number of anilines is 3. The maximum atomic E-state index is 12.5. The zero-order valence-electron chi connectivity index (χ0n) is 17.0. The molecule has 0 fully saturated rings. The summed E-state index contributed by atoms with van der Waals surface area (Å²) in [5, 5.41) is 11.3. The Morgan fingerprint density at radius 3 is 2.55 bits per heavy atom. The molecule has 3 aromatic rings. The average Bonchev–Trinajstić information content (AvgIpc) is 3.13. The van der Waals surface area contributed by atoms with Gasteiger partial charge in [0.05, 0.1) is 36.2 Å². The van der Waals surface area contributed by atoms with E-state index in [0.29, 0.717) is 5.69 Å². The number of hydrogen-bond acceptors (Lipinski definition) is 10. The summed E-state index contributed by atoms with van der Waals surface area (Å²) >= 11 is 0. The lowest BCUT2D eigenvalue weighted by molar-refractivity contribution is -0.154. The van der Waals surface area contributed by atoms with Crippen LogP contribution in [0.2, 0.25) is 0 Å². The molecule has 0 saturated heterocycles. The SMILES string of the molecule is CNC(=O)c1c(NC(=O)Oc2nc(OCC(F)(F)F)cnc2Nc2cncnc2)cnn1C. The van der Waals surface area contributed by atoms with E-state index in [0.717, 1.165) is 6.20 Å². The van der Waals surface area contributed by atoms with Crippen molar-refractivity contribution in [2.75, 3.05) is 24.3 Å². The maximum Gasteiger partial charge on any atom is 0.422 e. The molecule has 0 aliphatic heterocycles. The van der Waals surface area contributed by atoms with E-state index < -0.39 is 36.5 Å². The summed E-state index contributed by atoms with van der Waals surface area (Å²) in [6.45, 7) is -1.63. The summed E-state index contributed by atoms with van der Waals surface area (Å²) in [6, 6.07) is 0. The highest BCUT2D eigenvalue weighted by Crippen LogP contribution is 2.27. The Bertz CT molecular complexity index is 1140. The van der Waals surface area contributed by atoms with Gasteiger partial charge in [0.15, 0.2) is 12.4 Å². The molecule has 0 spiro atoms. The van der Waals surface area contributed by atoms with Gasteiger partial charge in [0, 0.05) is 14.1 Å². The lowest BCUT2D eigenvalue weighted by Crippen LogP contribution is -2.25. The molecule has 3 heterocycles. The summed E-state index contributed by atoms with van der Waals surface area (Å²) in [4.78, 5) is 39.7. The van der Waals surface area contributed by atoms with Crippen molar-refractivity contribution >= 4 is 29.2 Å². The zero-order chi connectivity index (χ0) is 24.0. The first-order valence-corrected chi connectivity index (χ1v) is 8.98. The van der Waals surface area contributed by atoms with E-state index in [1.54, 1.807) is 0 Å². The minimum atomic E-state index is -4.62. The van der Waals surface area contributed by atoms with Gasteiger partial charge in [-0.15, -0.1) is 0 Å². The third-order valence-electron chi connectivity index (χ3n) is 3.73. The Morgan fingerprint density at radius 1 is 1.15 bits per heavy atom. The molecule has 16 heteroatoms. The first kappa shape index (κ1) is 23.2. The highest BCUT2D eigenvalue weighted by atomic mass is 19.4. The smallest absolute Gasteiger partial charge is 0.422 e. The van der Waals surface area contributed by atoms with Crippen molar-refractivity contribution < 1.29 is 32.2 Å². The molecule has 0 aliphatic rings. The van der Waals surface area contributed by atoms with Crippen LogP contribution < -0.4 is 25.4 Å². The molecule has 3 aromatic heterocycles. The van der Waals surface area contributed by atoms with Crippen LogP contribution in [0.4, 0.5) is 35.2 Å². The standard InChI is InChI=1S/C17H16F3N9O4/c1-21-14(30)12-10(5-25-29(12)2)27-16(31)33-15-13(26-9-3-22-8-23-4-9)24-6-11(28-15)32-7-17(18,19)20/h3-6,8H,7H2,1-2H3,(H,21,30)(H,24,26)(H,27,31). The third kappa shape index (κ3) is 6.25. The van der Waals surface area contributed by atoms with Gasteiger partial charge < -0.3 is 20.1 Å². The van der Waals surface area contributed by atoms with Crippen molar-refractivity contribution in [3.8, 4) is 11.8 Å². The monoisotopic (exact) mass is 467 g/mol. The molecule has 13 nitrogen and oxygen atoms in total. The quantitative estimate of drug-likeness (QED) is 0.467. The lowest BCUT2D eigenvalue weighted by atomic mass is 10.3. The molecule has 3 rings (SSSR count). The van der Waals surface area contributed by atoms with Crippen molar-refractivity contribution in [1.29, 1.82) is 0 Å². The second kappa shape index (κ2) is 9.75. The number of amides is 2. The average molecular weight is 467 g/mol. The van der Waals surface area contributed by atoms with Gasteiger partial charge in [0.2, 0.25) is 5.88 Å². The molecular formula is C17H16F3N9O4. The van der Waals surface area contributed by atoms with E-state index in [9.17, 15) is 22.8 Å². The largest absolute Gasteiger partial charge is 0.467 e. The van der Waals surface area contributed by atoms with E-state index >= 15 is 0 Å². The van der Waals surface area contributed by atoms with Gasteiger partial charge in [-0.2, -0.15) is 23.3 Å². The molecule has 174 valence electrons. The molecule has 0 aliphatic carbocycles. The van der Waals surface area contributed by atoms with Crippen molar-refractivity contribution in [1.82, 2.24) is 35.0 Å². The van der Waals surface area contributed by atoms with E-state index in [2.05, 4.69) is 45.7 Å². The van der Waals surface area contributed by atoms with E-state index in [1.165, 1.54) is 43.7 Å². The topological polar surface area (TPSA) is 158 Å². The highest BCUT2D eigenvalue weighted by Gasteiger charge is 2.29. The number of hydrogen-bond donors (Lipinski definition) is 3. The third-order valence-corrected chi connectivity index (χ3v) is 3.73. The molecular weight excluding hydrogens is 451 g/mol. The number of carbonyl (C=O) groups excluding carboxylic acids is 2. The number of nitrogens with zero attached hydrogens (tertiary/aromatic N) is 6. The molecule has 0 unspecified atom stereocenters. The highest BCUT2D eigenvalue weighted by molar-refractivity contribution is 6.01. The molecule has 0 saturated carbocycles. The second-order valence-corrected chi connectivity index (χ2v) is 6.14. The molecule has 3 N–H and O–H groups in total. The zero-order valence-corrected chi connectivity index (χ0v) is 17.0. The Morgan fingerprint density at radius 2 is 1.88 bits per heavy atom. The molecule has 33 heavy (non-hydrogen) atoms. The van der Waals surface area contributed by atoms with Crippen LogP contribution in [0.3, 0.4) is 0 Å². The van der Waals surface area contributed by atoms with Crippen LogP contribution in [0.1, 0.15) is 10.5 Å². The van der Waals surface area contributed by atoms with E-state index in [-0.39, 0.29) is 17.2 Å². The van der Waals surface area contributed by atoms with Crippen LogP contribution >= 0.6 is 0 Å². The Hall–Kier alpha value is -4.50. The number of rotatable bonds is 7. The summed E-state index contributed by atoms with van der Waals surface area (Å²) in [5.74, 6) is -1.73. The number of ether oxygens (including phenoxy) is 2. The fourth-order valence-electron chi connectivity index (χ4n) is 2.38. The molecule has 0 atom stereocenters. The molecule has 0 bridgehead atoms. The molecule has 0 radical (unpaired) electrons. The summed E-state index contributed by atoms with van der Waals surface area (Å²) in [6.07, 6.45) is 0.398. The number of nitrogens with one attached hydrogen (secondary N) is 3. The van der Waals surface area contributed by atoms with Gasteiger partial charge in [0.25, 0.3) is 11.8 Å². The second-order valence-electron chi connectivity index (χ2n) is 6.14. The fraction of sp³-hybridized carbons (Fsp3) is 0.235. The minimum Gasteiger partial charge on any atom is -0.467 e. The van der Waals surface area contributed by atoms with E-state index in [1.807, 2.05) is 0 Å². The number of halogens is 3. The van der Waals surface area contributed by atoms with Gasteiger partial charge in [-0.3, -0.25) is 14.8 Å². The van der Waals surface area contributed by atoms with Crippen LogP contribution in [0, 0.1) is 0 Å². The van der Waals surface area contributed by atoms with Crippen molar-refractivity contribution in [2.45, 2.75) is 6.18 Å². The van der Waals surface area contributed by atoms with Gasteiger partial charge in [-0.1, -0.05) is 0 Å². The van der Waals surface area contributed by atoms with Crippen LogP contribution in [0.5, 0.6) is 11.8 Å². The van der Waals surface area contributed by atoms with Crippen LogP contribution in [0.25, 0.3) is 0 Å². The summed E-state index contributed by atoms with van der Waals surface area (Å²) in [7, 11) is 2.88. The number of alkyl halides is 3. The summed E-state index contributed by atoms with van der Waals surface area (Å²) in [5.41, 5.74) is 0.378. The number of aryl methyl sites for hydroxylation is 1. The Kier molecular flexibility index (Phi) is 6.85. The fourth-order valence-corrected chi connectivity index (χ4v) is 2.38. The van der Waals surface area contributed by atoms with Gasteiger partial charge in [-0.05, 0) is 0 Å². The summed E-state index contributed by atoms with van der Waals surface area (Å²) < 4.78 is 48.3. The first-order chi connectivity index (χ1) is 15.7. The van der Waals surface area contributed by atoms with Gasteiger partial charge in [-0.25, -0.2) is 19.7 Å². The number of aromatic nitrogens is 6. The van der Waals surface area contributed by atoms with Gasteiger partial charge in [0.1, 0.15) is 12.0 Å². The Labute approximate surface area is 183 Å². The first-order valence-electron chi connectivity index (χ1n) is 8.98. The predicted molar refractivity (Wildman–Crippen MR) is 105 cm³/mol. The van der Waals surface area contributed by atoms with Crippen molar-refractivity contribution in [2.24, 2.45) is 7.05 Å². The normalized spacial score (nSPS) is 10.9. The predicted octanol–water partition coefficient (Wildman–Crippen LogP) is 1.66. The Balaban J connectivity index is 1.84. The minimum absolute atomic E-state index is 0.0188. The van der Waals surface area contributed by atoms with Crippen molar-refractivity contribution in [3.63, 3.8) is 0 Å². The van der Waals surface area contributed by atoms with Crippen LogP contribution in [-0.4, -0.2) is 61.5 Å². The molecule has 0 aromatic carbocycles. The maximum absolute atomic E-state index is 12.5. The van der Waals surface area contributed by atoms with Crippen molar-refractivity contribution in [3.05, 3.63) is 36.8 Å². The number of carbonyl (C=O) groups is 2. The van der Waals surface area contributed by atoms with Gasteiger partial charge >= 0.3 is 12.3 Å².